The van der Waals surface area contributed by atoms with Crippen LogP contribution in [0.1, 0.15) is 6.42 Å². The Hall–Kier alpha value is -1.62. The molecule has 4 nitrogen and oxygen atoms in total. The van der Waals surface area contributed by atoms with Gasteiger partial charge in [0.05, 0.1) is 5.92 Å². The molecule has 100 valence electrons. The molecule has 1 aliphatic rings. The van der Waals surface area contributed by atoms with Gasteiger partial charge < -0.3 is 10.2 Å². The lowest BCUT2D eigenvalue weighted by Gasteiger charge is -2.16. The predicted octanol–water partition coefficient (Wildman–Crippen LogP) is 2.10. The number of nitrogens with zero attached hydrogens (tertiary/aromatic N) is 1. The smallest absolute Gasteiger partial charge is 0.227 e. The summed E-state index contributed by atoms with van der Waals surface area (Å²) in [5.41, 5.74) is 0.826. The van der Waals surface area contributed by atoms with Crippen molar-refractivity contribution in [1.29, 1.82) is 0 Å². The van der Waals surface area contributed by atoms with Gasteiger partial charge in [0.15, 0.2) is 0 Å². The van der Waals surface area contributed by atoms with E-state index in [4.69, 9.17) is 0 Å². The number of carbonyl (C=O) groups excluding carboxylic acids is 2. The molecular weight excluding hydrogens is 308 g/mol. The summed E-state index contributed by atoms with van der Waals surface area (Å²) in [6, 6.07) is 7.50. The van der Waals surface area contributed by atoms with Gasteiger partial charge in [0.2, 0.25) is 11.8 Å². The molecule has 0 unspecified atom stereocenters. The summed E-state index contributed by atoms with van der Waals surface area (Å²) in [5, 5.41) is 2.73. The van der Waals surface area contributed by atoms with Crippen LogP contribution in [0.25, 0.3) is 0 Å². The molecule has 0 aromatic heterocycles. The number of carbonyl (C=O) groups is 2. The lowest BCUT2D eigenvalue weighted by molar-refractivity contribution is -0.126. The maximum absolute atomic E-state index is 12.0. The van der Waals surface area contributed by atoms with Crippen LogP contribution < -0.4 is 10.2 Å². The highest BCUT2D eigenvalue weighted by atomic mass is 79.9. The van der Waals surface area contributed by atoms with Crippen LogP contribution in [0.5, 0.6) is 0 Å². The Morgan fingerprint density at radius 3 is 2.79 bits per heavy atom. The molecule has 1 N–H and O–H groups in total. The molecule has 0 radical (unpaired) electrons. The average Bonchev–Trinajstić information content (AvgIpc) is 2.79. The van der Waals surface area contributed by atoms with Crippen LogP contribution in [0.2, 0.25) is 0 Å². The maximum atomic E-state index is 12.0. The van der Waals surface area contributed by atoms with Crippen molar-refractivity contribution < 1.29 is 9.59 Å². The van der Waals surface area contributed by atoms with E-state index in [1.54, 1.807) is 11.0 Å². The summed E-state index contributed by atoms with van der Waals surface area (Å²) in [7, 11) is 0. The number of amides is 2. The molecule has 1 atom stereocenters. The van der Waals surface area contributed by atoms with Crippen molar-refractivity contribution in [3.05, 3.63) is 41.4 Å². The SMILES string of the molecule is C=CCNC(=O)[C@H]1CC(=O)N(c2ccc(Br)cc2)C1. The Morgan fingerprint density at radius 1 is 1.47 bits per heavy atom. The van der Waals surface area contributed by atoms with Crippen LogP contribution in [0.15, 0.2) is 41.4 Å². The summed E-state index contributed by atoms with van der Waals surface area (Å²) in [6.07, 6.45) is 1.89. The lowest BCUT2D eigenvalue weighted by atomic mass is 10.1. The third-order valence-electron chi connectivity index (χ3n) is 3.05. The predicted molar refractivity (Wildman–Crippen MR) is 77.8 cm³/mol. The number of rotatable bonds is 4. The summed E-state index contributed by atoms with van der Waals surface area (Å²) in [4.78, 5) is 25.5. The summed E-state index contributed by atoms with van der Waals surface area (Å²) in [6.45, 7) is 4.41. The Kier molecular flexibility index (Phi) is 4.37. The highest BCUT2D eigenvalue weighted by molar-refractivity contribution is 9.10. The molecular formula is C14H15BrN2O2. The van der Waals surface area contributed by atoms with Gasteiger partial charge in [0.1, 0.15) is 0 Å². The molecule has 1 aliphatic heterocycles. The number of benzene rings is 1. The van der Waals surface area contributed by atoms with E-state index in [0.29, 0.717) is 13.1 Å². The zero-order chi connectivity index (χ0) is 13.8. The van der Waals surface area contributed by atoms with Crippen molar-refractivity contribution in [2.24, 2.45) is 5.92 Å². The zero-order valence-corrected chi connectivity index (χ0v) is 12.0. The van der Waals surface area contributed by atoms with E-state index < -0.39 is 0 Å². The lowest BCUT2D eigenvalue weighted by Crippen LogP contribution is -2.32. The van der Waals surface area contributed by atoms with Gasteiger partial charge in [0, 0.05) is 29.7 Å². The summed E-state index contributed by atoms with van der Waals surface area (Å²) >= 11 is 3.36. The molecule has 0 bridgehead atoms. The number of hydrogen-bond acceptors (Lipinski definition) is 2. The van der Waals surface area contributed by atoms with Gasteiger partial charge in [-0.1, -0.05) is 22.0 Å². The number of anilines is 1. The van der Waals surface area contributed by atoms with Crippen LogP contribution in [-0.2, 0) is 9.59 Å². The Labute approximate surface area is 120 Å². The topological polar surface area (TPSA) is 49.4 Å². The fourth-order valence-electron chi connectivity index (χ4n) is 2.07. The monoisotopic (exact) mass is 322 g/mol. The quantitative estimate of drug-likeness (QED) is 0.863. The van der Waals surface area contributed by atoms with E-state index in [1.807, 2.05) is 24.3 Å². The van der Waals surface area contributed by atoms with Crippen LogP contribution in [0, 0.1) is 5.92 Å². The summed E-state index contributed by atoms with van der Waals surface area (Å²) < 4.78 is 0.961. The Bertz CT molecular complexity index is 499. The zero-order valence-electron chi connectivity index (χ0n) is 10.4. The second-order valence-electron chi connectivity index (χ2n) is 4.42. The Balaban J connectivity index is 2.05. The first-order chi connectivity index (χ1) is 9.11. The van der Waals surface area contributed by atoms with E-state index >= 15 is 0 Å². The highest BCUT2D eigenvalue weighted by Gasteiger charge is 2.34. The molecule has 1 saturated heterocycles. The van der Waals surface area contributed by atoms with Crippen LogP contribution in [-0.4, -0.2) is 24.9 Å². The second kappa shape index (κ2) is 6.02. The molecule has 1 aromatic rings. The molecule has 19 heavy (non-hydrogen) atoms. The first-order valence-corrected chi connectivity index (χ1v) is 6.85. The van der Waals surface area contributed by atoms with Crippen LogP contribution in [0.3, 0.4) is 0 Å². The molecule has 1 aromatic carbocycles. The minimum atomic E-state index is -0.281. The minimum Gasteiger partial charge on any atom is -0.352 e. The van der Waals surface area contributed by atoms with Crippen molar-refractivity contribution in [2.75, 3.05) is 18.0 Å². The molecule has 1 fully saturated rings. The van der Waals surface area contributed by atoms with Crippen LogP contribution >= 0.6 is 15.9 Å². The number of nitrogens with one attached hydrogen (secondary N) is 1. The van der Waals surface area contributed by atoms with Gasteiger partial charge in [-0.05, 0) is 24.3 Å². The van der Waals surface area contributed by atoms with Crippen molar-refractivity contribution in [1.82, 2.24) is 5.32 Å². The van der Waals surface area contributed by atoms with Gasteiger partial charge in [-0.2, -0.15) is 0 Å². The molecule has 5 heteroatoms. The molecule has 0 saturated carbocycles. The largest absolute Gasteiger partial charge is 0.352 e. The highest BCUT2D eigenvalue weighted by Crippen LogP contribution is 2.26. The van der Waals surface area contributed by atoms with Gasteiger partial charge in [-0.3, -0.25) is 9.59 Å². The van der Waals surface area contributed by atoms with Crippen molar-refractivity contribution in [3.63, 3.8) is 0 Å². The van der Waals surface area contributed by atoms with Gasteiger partial charge in [0.25, 0.3) is 0 Å². The third kappa shape index (κ3) is 3.23. The molecule has 1 heterocycles. The first kappa shape index (κ1) is 13.8. The fraction of sp³-hybridized carbons (Fsp3) is 0.286. The second-order valence-corrected chi connectivity index (χ2v) is 5.33. The standard InChI is InChI=1S/C14H15BrN2O2/c1-2-7-16-14(19)10-8-13(18)17(9-10)12-5-3-11(15)4-6-12/h2-6,10H,1,7-9H2,(H,16,19)/t10-/m0/s1. The third-order valence-corrected chi connectivity index (χ3v) is 3.58. The van der Waals surface area contributed by atoms with E-state index in [0.717, 1.165) is 10.2 Å². The van der Waals surface area contributed by atoms with Crippen molar-refractivity contribution >= 4 is 33.4 Å². The molecule has 2 rings (SSSR count). The minimum absolute atomic E-state index is 0.0129. The maximum Gasteiger partial charge on any atom is 0.227 e. The van der Waals surface area contributed by atoms with E-state index in [9.17, 15) is 9.59 Å². The Morgan fingerprint density at radius 2 is 2.16 bits per heavy atom. The van der Waals surface area contributed by atoms with E-state index in [2.05, 4.69) is 27.8 Å². The first-order valence-electron chi connectivity index (χ1n) is 6.06. The van der Waals surface area contributed by atoms with Gasteiger partial charge >= 0.3 is 0 Å². The summed E-state index contributed by atoms with van der Waals surface area (Å²) in [5.74, 6) is -0.384. The van der Waals surface area contributed by atoms with Crippen molar-refractivity contribution in [3.8, 4) is 0 Å². The number of halogens is 1. The average molecular weight is 323 g/mol. The van der Waals surface area contributed by atoms with Gasteiger partial charge in [-0.25, -0.2) is 0 Å². The van der Waals surface area contributed by atoms with Crippen molar-refractivity contribution in [2.45, 2.75) is 6.42 Å². The normalized spacial score (nSPS) is 18.5. The molecule has 0 aliphatic carbocycles. The molecule has 0 spiro atoms. The fourth-order valence-corrected chi connectivity index (χ4v) is 2.34. The van der Waals surface area contributed by atoms with Crippen LogP contribution in [0.4, 0.5) is 5.69 Å². The number of hydrogen-bond donors (Lipinski definition) is 1. The van der Waals surface area contributed by atoms with E-state index in [1.165, 1.54) is 0 Å². The molecule has 2 amide bonds. The van der Waals surface area contributed by atoms with Gasteiger partial charge in [-0.15, -0.1) is 6.58 Å². The van der Waals surface area contributed by atoms with E-state index in [-0.39, 0.29) is 24.2 Å².